The number of carbonyl (C=O) groups is 3. The quantitative estimate of drug-likeness (QED) is 0.876. The van der Waals surface area contributed by atoms with Gasteiger partial charge in [0.25, 0.3) is 0 Å². The van der Waals surface area contributed by atoms with E-state index in [1.807, 2.05) is 31.2 Å². The number of hydrogen-bond acceptors (Lipinski definition) is 3. The minimum absolute atomic E-state index is 0.0277. The highest BCUT2D eigenvalue weighted by Gasteiger charge is 2.39. The number of nitrogens with zero attached hydrogens (tertiary/aromatic N) is 2. The summed E-state index contributed by atoms with van der Waals surface area (Å²) in [5.41, 5.74) is 1.85. The van der Waals surface area contributed by atoms with Gasteiger partial charge in [-0.25, -0.2) is 4.79 Å². The van der Waals surface area contributed by atoms with Crippen molar-refractivity contribution < 1.29 is 19.5 Å². The molecule has 0 aromatic heterocycles. The molecule has 0 bridgehead atoms. The number of amides is 3. The molecule has 0 spiro atoms. The number of likely N-dealkylation sites (tertiary alicyclic amines) is 2. The summed E-state index contributed by atoms with van der Waals surface area (Å²) in [6, 6.07) is 7.53. The summed E-state index contributed by atoms with van der Waals surface area (Å²) in [5, 5.41) is 12.0. The van der Waals surface area contributed by atoms with Crippen LogP contribution < -0.4 is 5.32 Å². The van der Waals surface area contributed by atoms with Gasteiger partial charge in [-0.15, -0.1) is 0 Å². The third-order valence-corrected chi connectivity index (χ3v) is 4.97. The number of anilines is 1. The standard InChI is InChI=1S/C18H23N3O4/c1-12-3-2-4-14(9-12)19-18(25)20-7-5-15(6-8-20)21-11-13(17(23)24)10-16(21)22/h2-4,9,13,15H,5-8,10-11H2,1H3,(H,19,25)(H,23,24). The van der Waals surface area contributed by atoms with Gasteiger partial charge in [0.05, 0.1) is 5.92 Å². The van der Waals surface area contributed by atoms with E-state index in [4.69, 9.17) is 5.11 Å². The summed E-state index contributed by atoms with van der Waals surface area (Å²) in [6.45, 7) is 3.38. The number of carboxylic acid groups (broad SMARTS) is 1. The van der Waals surface area contributed by atoms with Crippen LogP contribution in [0.4, 0.5) is 10.5 Å². The first-order valence-corrected chi connectivity index (χ1v) is 8.59. The topological polar surface area (TPSA) is 90.0 Å². The first-order chi connectivity index (χ1) is 11.9. The Kier molecular flexibility index (Phi) is 4.92. The summed E-state index contributed by atoms with van der Waals surface area (Å²) >= 11 is 0. The number of urea groups is 1. The lowest BCUT2D eigenvalue weighted by Crippen LogP contribution is -2.48. The summed E-state index contributed by atoms with van der Waals surface area (Å²) in [7, 11) is 0. The van der Waals surface area contributed by atoms with Crippen molar-refractivity contribution in [2.75, 3.05) is 25.0 Å². The van der Waals surface area contributed by atoms with E-state index in [2.05, 4.69) is 5.32 Å². The highest BCUT2D eigenvalue weighted by Crippen LogP contribution is 2.26. The molecular weight excluding hydrogens is 322 g/mol. The molecule has 0 aliphatic carbocycles. The van der Waals surface area contributed by atoms with E-state index in [1.165, 1.54) is 0 Å². The molecule has 2 N–H and O–H groups in total. The van der Waals surface area contributed by atoms with Crippen LogP contribution in [0.1, 0.15) is 24.8 Å². The van der Waals surface area contributed by atoms with Gasteiger partial charge in [-0.2, -0.15) is 0 Å². The second-order valence-electron chi connectivity index (χ2n) is 6.80. The second-order valence-corrected chi connectivity index (χ2v) is 6.80. The van der Waals surface area contributed by atoms with Crippen molar-refractivity contribution in [2.24, 2.45) is 5.92 Å². The minimum atomic E-state index is -0.911. The lowest BCUT2D eigenvalue weighted by atomic mass is 10.0. The molecule has 1 atom stereocenters. The molecule has 2 heterocycles. The van der Waals surface area contributed by atoms with Crippen LogP contribution in [-0.4, -0.2) is 58.5 Å². The number of hydrogen-bond donors (Lipinski definition) is 2. The Morgan fingerprint density at radius 1 is 1.24 bits per heavy atom. The molecule has 1 aromatic carbocycles. The van der Waals surface area contributed by atoms with E-state index >= 15 is 0 Å². The maximum atomic E-state index is 12.4. The van der Waals surface area contributed by atoms with Gasteiger partial charge in [0.2, 0.25) is 5.91 Å². The predicted molar refractivity (Wildman–Crippen MR) is 92.2 cm³/mol. The Labute approximate surface area is 146 Å². The molecule has 0 radical (unpaired) electrons. The fourth-order valence-electron chi connectivity index (χ4n) is 3.56. The van der Waals surface area contributed by atoms with Gasteiger partial charge in [0, 0.05) is 37.8 Å². The average molecular weight is 345 g/mol. The molecule has 2 aliphatic rings. The summed E-state index contributed by atoms with van der Waals surface area (Å²) in [4.78, 5) is 38.9. The Balaban J connectivity index is 1.52. The predicted octanol–water partition coefficient (Wildman–Crippen LogP) is 1.92. The number of rotatable bonds is 3. The maximum Gasteiger partial charge on any atom is 0.321 e. The number of nitrogens with one attached hydrogen (secondary N) is 1. The highest BCUT2D eigenvalue weighted by molar-refractivity contribution is 5.89. The first kappa shape index (κ1) is 17.3. The number of aliphatic carboxylic acids is 1. The highest BCUT2D eigenvalue weighted by atomic mass is 16.4. The lowest BCUT2D eigenvalue weighted by Gasteiger charge is -2.36. The van der Waals surface area contributed by atoms with Crippen LogP contribution in [0.5, 0.6) is 0 Å². The molecule has 1 unspecified atom stereocenters. The fraction of sp³-hybridized carbons (Fsp3) is 0.500. The van der Waals surface area contributed by atoms with Crippen molar-refractivity contribution in [3.05, 3.63) is 29.8 Å². The van der Waals surface area contributed by atoms with E-state index in [0.29, 0.717) is 25.9 Å². The van der Waals surface area contributed by atoms with Crippen molar-refractivity contribution in [1.82, 2.24) is 9.80 Å². The zero-order valence-corrected chi connectivity index (χ0v) is 14.3. The number of aryl methyl sites for hydroxylation is 1. The zero-order chi connectivity index (χ0) is 18.0. The molecule has 3 rings (SSSR count). The molecule has 1 aromatic rings. The average Bonchev–Trinajstić information content (AvgIpc) is 2.97. The monoisotopic (exact) mass is 345 g/mol. The normalized spacial score (nSPS) is 21.5. The molecule has 25 heavy (non-hydrogen) atoms. The Hall–Kier alpha value is -2.57. The van der Waals surface area contributed by atoms with E-state index in [-0.39, 0.29) is 30.9 Å². The molecule has 2 saturated heterocycles. The summed E-state index contributed by atoms with van der Waals surface area (Å²) in [5.74, 6) is -1.60. The summed E-state index contributed by atoms with van der Waals surface area (Å²) in [6.07, 6.45) is 1.45. The third kappa shape index (κ3) is 3.92. The van der Waals surface area contributed by atoms with Gasteiger partial charge in [-0.3, -0.25) is 9.59 Å². The van der Waals surface area contributed by atoms with Gasteiger partial charge in [0.1, 0.15) is 0 Å². The van der Waals surface area contributed by atoms with Gasteiger partial charge < -0.3 is 20.2 Å². The van der Waals surface area contributed by atoms with Crippen molar-refractivity contribution >= 4 is 23.6 Å². The van der Waals surface area contributed by atoms with Gasteiger partial charge in [-0.05, 0) is 37.5 Å². The lowest BCUT2D eigenvalue weighted by molar-refractivity contribution is -0.141. The Morgan fingerprint density at radius 2 is 1.96 bits per heavy atom. The largest absolute Gasteiger partial charge is 0.481 e. The van der Waals surface area contributed by atoms with Crippen LogP contribution in [0.2, 0.25) is 0 Å². The molecule has 0 saturated carbocycles. The van der Waals surface area contributed by atoms with Crippen LogP contribution in [0, 0.1) is 12.8 Å². The summed E-state index contributed by atoms with van der Waals surface area (Å²) < 4.78 is 0. The van der Waals surface area contributed by atoms with E-state index in [0.717, 1.165) is 11.3 Å². The Bertz CT molecular complexity index is 683. The SMILES string of the molecule is Cc1cccc(NC(=O)N2CCC(N3CC(C(=O)O)CC3=O)CC2)c1. The van der Waals surface area contributed by atoms with Crippen LogP contribution in [0.25, 0.3) is 0 Å². The van der Waals surface area contributed by atoms with Gasteiger partial charge in [-0.1, -0.05) is 12.1 Å². The molecule has 3 amide bonds. The van der Waals surface area contributed by atoms with E-state index in [1.54, 1.807) is 9.80 Å². The van der Waals surface area contributed by atoms with Crippen molar-refractivity contribution in [2.45, 2.75) is 32.2 Å². The van der Waals surface area contributed by atoms with E-state index in [9.17, 15) is 14.4 Å². The Morgan fingerprint density at radius 3 is 2.56 bits per heavy atom. The number of benzene rings is 1. The molecule has 2 aliphatic heterocycles. The second kappa shape index (κ2) is 7.13. The zero-order valence-electron chi connectivity index (χ0n) is 14.3. The molecule has 134 valence electrons. The van der Waals surface area contributed by atoms with Gasteiger partial charge >= 0.3 is 12.0 Å². The molecule has 7 heteroatoms. The number of carbonyl (C=O) groups excluding carboxylic acids is 2. The maximum absolute atomic E-state index is 12.4. The van der Waals surface area contributed by atoms with Crippen LogP contribution >= 0.6 is 0 Å². The number of carboxylic acids is 1. The molecule has 7 nitrogen and oxygen atoms in total. The van der Waals surface area contributed by atoms with Crippen molar-refractivity contribution in [3.8, 4) is 0 Å². The fourth-order valence-corrected chi connectivity index (χ4v) is 3.56. The van der Waals surface area contributed by atoms with Crippen LogP contribution in [-0.2, 0) is 9.59 Å². The smallest absolute Gasteiger partial charge is 0.321 e. The third-order valence-electron chi connectivity index (χ3n) is 4.97. The number of piperidine rings is 1. The van der Waals surface area contributed by atoms with Crippen molar-refractivity contribution in [1.29, 1.82) is 0 Å². The van der Waals surface area contributed by atoms with Crippen LogP contribution in [0.15, 0.2) is 24.3 Å². The molecule has 2 fully saturated rings. The van der Waals surface area contributed by atoms with E-state index < -0.39 is 11.9 Å². The minimum Gasteiger partial charge on any atom is -0.481 e. The van der Waals surface area contributed by atoms with Crippen LogP contribution in [0.3, 0.4) is 0 Å². The van der Waals surface area contributed by atoms with Gasteiger partial charge in [0.15, 0.2) is 0 Å². The van der Waals surface area contributed by atoms with Crippen molar-refractivity contribution in [3.63, 3.8) is 0 Å². The first-order valence-electron chi connectivity index (χ1n) is 8.59. The molecular formula is C18H23N3O4.